The van der Waals surface area contributed by atoms with Gasteiger partial charge in [0.1, 0.15) is 6.61 Å². The quantitative estimate of drug-likeness (QED) is 0.776. The van der Waals surface area contributed by atoms with Gasteiger partial charge < -0.3 is 5.11 Å². The Bertz CT molecular complexity index is 612. The molecule has 0 saturated heterocycles. The molecule has 118 valence electrons. The van der Waals surface area contributed by atoms with Crippen molar-refractivity contribution in [2.45, 2.75) is 25.6 Å². The predicted octanol–water partition coefficient (Wildman–Crippen LogP) is 1.85. The third kappa shape index (κ3) is 7.47. The van der Waals surface area contributed by atoms with Crippen molar-refractivity contribution in [2.24, 2.45) is 0 Å². The molecule has 0 bridgehead atoms. The molecule has 0 saturated carbocycles. The first-order chi connectivity index (χ1) is 9.73. The summed E-state index contributed by atoms with van der Waals surface area (Å²) < 4.78 is 61.3. The summed E-state index contributed by atoms with van der Waals surface area (Å²) in [7, 11) is -3.76. The van der Waals surface area contributed by atoms with Crippen molar-refractivity contribution in [3.05, 3.63) is 21.9 Å². The molecule has 1 rings (SSSR count). The van der Waals surface area contributed by atoms with Crippen LogP contribution in [0, 0.1) is 11.8 Å². The second kappa shape index (κ2) is 7.79. The van der Waals surface area contributed by atoms with Gasteiger partial charge in [-0.1, -0.05) is 11.8 Å². The summed E-state index contributed by atoms with van der Waals surface area (Å²) in [4.78, 5) is 0.648. The van der Waals surface area contributed by atoms with Crippen LogP contribution in [-0.2, 0) is 16.6 Å². The molecule has 21 heavy (non-hydrogen) atoms. The summed E-state index contributed by atoms with van der Waals surface area (Å²) in [6.07, 6.45) is -5.95. The molecule has 1 aromatic rings. The highest BCUT2D eigenvalue weighted by Crippen LogP contribution is 2.21. The van der Waals surface area contributed by atoms with Gasteiger partial charge in [-0.15, -0.1) is 11.3 Å². The molecule has 9 heteroatoms. The Morgan fingerprint density at radius 3 is 2.71 bits per heavy atom. The zero-order valence-corrected chi connectivity index (χ0v) is 12.5. The van der Waals surface area contributed by atoms with Gasteiger partial charge in [-0.25, -0.2) is 13.1 Å². The third-order valence-corrected chi connectivity index (χ3v) is 4.70. The Balaban J connectivity index is 2.52. The first-order valence-corrected chi connectivity index (χ1v) is 8.47. The Morgan fingerprint density at radius 2 is 2.10 bits per heavy atom. The lowest BCUT2D eigenvalue weighted by molar-refractivity contribution is -0.134. The van der Waals surface area contributed by atoms with E-state index in [9.17, 15) is 21.6 Å². The van der Waals surface area contributed by atoms with E-state index in [0.29, 0.717) is 10.4 Å². The number of hydrogen-bond acceptors (Lipinski definition) is 4. The van der Waals surface area contributed by atoms with E-state index in [1.165, 1.54) is 11.3 Å². The molecule has 0 atom stereocenters. The van der Waals surface area contributed by atoms with E-state index < -0.39 is 34.8 Å². The monoisotopic (exact) mass is 341 g/mol. The van der Waals surface area contributed by atoms with Crippen molar-refractivity contribution in [2.75, 3.05) is 12.4 Å². The molecular weight excluding hydrogens is 327 g/mol. The van der Waals surface area contributed by atoms with Crippen molar-refractivity contribution in [3.8, 4) is 11.8 Å². The summed E-state index contributed by atoms with van der Waals surface area (Å²) in [6, 6.07) is 1.68. The second-order valence-electron chi connectivity index (χ2n) is 4.08. The Labute approximate surface area is 125 Å². The fraction of sp³-hybridized carbons (Fsp3) is 0.500. The fourth-order valence-corrected chi connectivity index (χ4v) is 3.33. The number of thiophene rings is 1. The maximum absolute atomic E-state index is 12.0. The first kappa shape index (κ1) is 18.0. The SMILES string of the molecule is O=S(=O)(CCCC(F)(F)F)NCc1sccc1C#CCO. The molecule has 0 aliphatic carbocycles. The van der Waals surface area contributed by atoms with Gasteiger partial charge in [0.05, 0.1) is 5.75 Å². The van der Waals surface area contributed by atoms with Crippen LogP contribution in [0.2, 0.25) is 0 Å². The van der Waals surface area contributed by atoms with Gasteiger partial charge in [-0.2, -0.15) is 13.2 Å². The lowest BCUT2D eigenvalue weighted by Gasteiger charge is -2.08. The van der Waals surface area contributed by atoms with Crippen LogP contribution in [0.3, 0.4) is 0 Å². The molecule has 0 aromatic carbocycles. The second-order valence-corrected chi connectivity index (χ2v) is 7.00. The Morgan fingerprint density at radius 1 is 1.38 bits per heavy atom. The molecular formula is C12H14F3NO3S2. The van der Waals surface area contributed by atoms with Crippen LogP contribution in [0.5, 0.6) is 0 Å². The fourth-order valence-electron chi connectivity index (χ4n) is 1.43. The minimum atomic E-state index is -4.35. The van der Waals surface area contributed by atoms with Crippen molar-refractivity contribution in [1.29, 1.82) is 0 Å². The van der Waals surface area contributed by atoms with E-state index >= 15 is 0 Å². The highest BCUT2D eigenvalue weighted by atomic mass is 32.2. The van der Waals surface area contributed by atoms with E-state index in [1.54, 1.807) is 11.4 Å². The number of rotatable bonds is 6. The zero-order chi connectivity index (χ0) is 15.9. The molecule has 0 fully saturated rings. The van der Waals surface area contributed by atoms with Crippen LogP contribution < -0.4 is 4.72 Å². The number of hydrogen-bond donors (Lipinski definition) is 2. The van der Waals surface area contributed by atoms with Crippen LogP contribution >= 0.6 is 11.3 Å². The average Bonchev–Trinajstić information content (AvgIpc) is 2.79. The number of aliphatic hydroxyl groups excluding tert-OH is 1. The number of nitrogens with one attached hydrogen (secondary N) is 1. The van der Waals surface area contributed by atoms with Gasteiger partial charge in [-0.3, -0.25) is 0 Å². The maximum atomic E-state index is 12.0. The van der Waals surface area contributed by atoms with Crippen LogP contribution in [0.25, 0.3) is 0 Å². The van der Waals surface area contributed by atoms with Gasteiger partial charge in [0.15, 0.2) is 0 Å². The zero-order valence-electron chi connectivity index (χ0n) is 10.9. The molecule has 2 N–H and O–H groups in total. The summed E-state index contributed by atoms with van der Waals surface area (Å²) in [6.45, 7) is -0.333. The number of halogens is 3. The van der Waals surface area contributed by atoms with Crippen LogP contribution in [0.1, 0.15) is 23.3 Å². The number of alkyl halides is 3. The molecule has 0 unspecified atom stereocenters. The van der Waals surface area contributed by atoms with Gasteiger partial charge in [0, 0.05) is 23.4 Å². The lowest BCUT2D eigenvalue weighted by atomic mass is 10.2. The van der Waals surface area contributed by atoms with Crippen molar-refractivity contribution >= 4 is 21.4 Å². The normalized spacial score (nSPS) is 12.0. The van der Waals surface area contributed by atoms with Crippen molar-refractivity contribution in [3.63, 3.8) is 0 Å². The van der Waals surface area contributed by atoms with Crippen LogP contribution in [-0.4, -0.2) is 32.1 Å². The predicted molar refractivity (Wildman–Crippen MR) is 74.2 cm³/mol. The standard InChI is InChI=1S/C12H14F3NO3S2/c13-12(14,15)5-2-8-21(18,19)16-9-11-10(3-1-6-17)4-7-20-11/h4,7,16-17H,2,5-6,8-9H2. The Hall–Kier alpha value is -1.08. The average molecular weight is 341 g/mol. The molecule has 0 spiro atoms. The molecule has 0 aliphatic heterocycles. The van der Waals surface area contributed by atoms with E-state index in [1.807, 2.05) is 0 Å². The molecule has 1 aromatic heterocycles. The highest BCUT2D eigenvalue weighted by Gasteiger charge is 2.27. The van der Waals surface area contributed by atoms with Gasteiger partial charge in [-0.05, 0) is 17.9 Å². The number of sulfonamides is 1. The minimum absolute atomic E-state index is 0.0263. The maximum Gasteiger partial charge on any atom is 0.389 e. The molecule has 0 amide bonds. The van der Waals surface area contributed by atoms with E-state index in [0.717, 1.165) is 0 Å². The van der Waals surface area contributed by atoms with Crippen LogP contribution in [0.4, 0.5) is 13.2 Å². The van der Waals surface area contributed by atoms with E-state index in [4.69, 9.17) is 5.11 Å². The van der Waals surface area contributed by atoms with Crippen molar-refractivity contribution < 1.29 is 26.7 Å². The summed E-state index contributed by atoms with van der Waals surface area (Å²) in [5, 5.41) is 10.3. The molecule has 0 aliphatic rings. The summed E-state index contributed by atoms with van der Waals surface area (Å²) in [5.41, 5.74) is 0.590. The molecule has 1 heterocycles. The molecule has 4 nitrogen and oxygen atoms in total. The van der Waals surface area contributed by atoms with Gasteiger partial charge in [0.25, 0.3) is 0 Å². The van der Waals surface area contributed by atoms with Gasteiger partial charge in [0.2, 0.25) is 10.0 Å². The van der Waals surface area contributed by atoms with Crippen LogP contribution in [0.15, 0.2) is 11.4 Å². The lowest BCUT2D eigenvalue weighted by Crippen LogP contribution is -2.26. The Kier molecular flexibility index (Phi) is 6.67. The number of aliphatic hydroxyl groups is 1. The van der Waals surface area contributed by atoms with Crippen molar-refractivity contribution in [1.82, 2.24) is 4.72 Å². The van der Waals surface area contributed by atoms with Gasteiger partial charge >= 0.3 is 6.18 Å². The topological polar surface area (TPSA) is 66.4 Å². The molecule has 0 radical (unpaired) electrons. The summed E-state index contributed by atoms with van der Waals surface area (Å²) >= 11 is 1.28. The largest absolute Gasteiger partial charge is 0.389 e. The first-order valence-electron chi connectivity index (χ1n) is 5.94. The minimum Gasteiger partial charge on any atom is -0.384 e. The third-order valence-electron chi connectivity index (χ3n) is 2.37. The highest BCUT2D eigenvalue weighted by molar-refractivity contribution is 7.89. The van der Waals surface area contributed by atoms with E-state index in [2.05, 4.69) is 16.6 Å². The smallest absolute Gasteiger partial charge is 0.384 e. The van der Waals surface area contributed by atoms with E-state index in [-0.39, 0.29) is 13.2 Å². The summed E-state index contributed by atoms with van der Waals surface area (Å²) in [5.74, 6) is 4.54.